The minimum absolute atomic E-state index is 0.0404. The van der Waals surface area contributed by atoms with E-state index in [9.17, 15) is 22.8 Å². The molecule has 1 saturated heterocycles. The van der Waals surface area contributed by atoms with Gasteiger partial charge in [-0.3, -0.25) is 14.5 Å². The molecule has 2 unspecified atom stereocenters. The van der Waals surface area contributed by atoms with Crippen molar-refractivity contribution >= 4 is 27.9 Å². The minimum Gasteiger partial charge on any atom is -0.356 e. The fourth-order valence-corrected chi connectivity index (χ4v) is 3.41. The lowest BCUT2D eigenvalue weighted by Gasteiger charge is -2.33. The van der Waals surface area contributed by atoms with Gasteiger partial charge < -0.3 is 10.6 Å². The van der Waals surface area contributed by atoms with Crippen molar-refractivity contribution in [2.75, 3.05) is 13.6 Å². The number of benzene rings is 1. The van der Waals surface area contributed by atoms with E-state index in [1.807, 2.05) is 0 Å². The van der Waals surface area contributed by atoms with E-state index in [2.05, 4.69) is 10.6 Å². The van der Waals surface area contributed by atoms with Crippen molar-refractivity contribution < 1.29 is 22.8 Å². The molecule has 27 heavy (non-hydrogen) atoms. The van der Waals surface area contributed by atoms with Crippen LogP contribution in [0.15, 0.2) is 29.2 Å². The number of rotatable bonds is 7. The number of nitrogens with two attached hydrogens (primary N) is 1. The number of sulfonamides is 1. The molecule has 0 radical (unpaired) electrons. The third kappa shape index (κ3) is 5.51. The first kappa shape index (κ1) is 20.8. The van der Waals surface area contributed by atoms with E-state index in [-0.39, 0.29) is 29.2 Å². The highest BCUT2D eigenvalue weighted by Gasteiger charge is 2.36. The van der Waals surface area contributed by atoms with E-state index < -0.39 is 22.0 Å². The van der Waals surface area contributed by atoms with Crippen molar-refractivity contribution in [3.63, 3.8) is 0 Å². The Morgan fingerprint density at radius 3 is 2.48 bits per heavy atom. The number of hydrogen-bond acceptors (Lipinski definition) is 5. The Bertz CT molecular complexity index is 822. The molecule has 0 aliphatic carbocycles. The number of amides is 4. The second-order valence-electron chi connectivity index (χ2n) is 6.57. The van der Waals surface area contributed by atoms with Crippen molar-refractivity contribution in [2.45, 2.75) is 37.1 Å². The molecule has 4 amide bonds. The summed E-state index contributed by atoms with van der Waals surface area (Å²) in [6.45, 7) is 2.13. The molecule has 0 spiro atoms. The van der Waals surface area contributed by atoms with Crippen LogP contribution in [0.5, 0.6) is 0 Å². The summed E-state index contributed by atoms with van der Waals surface area (Å²) in [6, 6.07) is 5.40. The summed E-state index contributed by atoms with van der Waals surface area (Å²) in [4.78, 5) is 36.7. The lowest BCUT2D eigenvalue weighted by Crippen LogP contribution is -2.57. The Morgan fingerprint density at radius 2 is 1.89 bits per heavy atom. The molecule has 1 aromatic rings. The highest BCUT2D eigenvalue weighted by atomic mass is 32.2. The first-order chi connectivity index (χ1) is 12.6. The van der Waals surface area contributed by atoms with Gasteiger partial charge in [-0.15, -0.1) is 0 Å². The summed E-state index contributed by atoms with van der Waals surface area (Å²) in [5, 5.41) is 10.5. The third-order valence-corrected chi connectivity index (χ3v) is 5.51. The van der Waals surface area contributed by atoms with Gasteiger partial charge in [0, 0.05) is 26.1 Å². The number of carbonyl (C=O) groups excluding carboxylic acids is 3. The van der Waals surface area contributed by atoms with Gasteiger partial charge in [-0.1, -0.05) is 12.1 Å². The van der Waals surface area contributed by atoms with Gasteiger partial charge in [0.15, 0.2) is 0 Å². The number of primary sulfonamides is 1. The minimum atomic E-state index is -3.71. The van der Waals surface area contributed by atoms with Crippen LogP contribution in [0.1, 0.15) is 25.3 Å². The topological polar surface area (TPSA) is 139 Å². The Labute approximate surface area is 158 Å². The molecule has 1 fully saturated rings. The van der Waals surface area contributed by atoms with Crippen LogP contribution in [0.2, 0.25) is 0 Å². The normalized spacial score (nSPS) is 20.3. The highest BCUT2D eigenvalue weighted by Crippen LogP contribution is 2.19. The van der Waals surface area contributed by atoms with Crippen molar-refractivity contribution in [2.24, 2.45) is 11.1 Å². The van der Waals surface area contributed by atoms with Gasteiger partial charge in [0.05, 0.1) is 10.8 Å². The first-order valence-corrected chi connectivity index (χ1v) is 10.1. The van der Waals surface area contributed by atoms with E-state index in [4.69, 9.17) is 5.14 Å². The zero-order chi connectivity index (χ0) is 20.2. The zero-order valence-electron chi connectivity index (χ0n) is 15.3. The molecule has 1 heterocycles. The highest BCUT2D eigenvalue weighted by molar-refractivity contribution is 7.89. The Morgan fingerprint density at radius 1 is 1.26 bits per heavy atom. The zero-order valence-corrected chi connectivity index (χ0v) is 16.1. The maximum Gasteiger partial charge on any atom is 0.324 e. The van der Waals surface area contributed by atoms with Crippen molar-refractivity contribution in [1.82, 2.24) is 15.5 Å². The molecular weight excluding hydrogens is 372 g/mol. The van der Waals surface area contributed by atoms with Crippen LogP contribution in [0.4, 0.5) is 4.79 Å². The number of hydrogen-bond donors (Lipinski definition) is 3. The van der Waals surface area contributed by atoms with Crippen LogP contribution in [0, 0.1) is 5.92 Å². The van der Waals surface area contributed by atoms with Gasteiger partial charge in [0.1, 0.15) is 0 Å². The number of carbonyl (C=O) groups is 3. The molecule has 4 N–H and O–H groups in total. The summed E-state index contributed by atoms with van der Waals surface area (Å²) < 4.78 is 22.4. The first-order valence-electron chi connectivity index (χ1n) is 8.56. The predicted octanol–water partition coefficient (Wildman–Crippen LogP) is -0.0408. The van der Waals surface area contributed by atoms with E-state index in [0.29, 0.717) is 19.4 Å². The summed E-state index contributed by atoms with van der Waals surface area (Å²) >= 11 is 0. The van der Waals surface area contributed by atoms with E-state index in [0.717, 1.165) is 10.5 Å². The molecule has 0 saturated carbocycles. The summed E-state index contributed by atoms with van der Waals surface area (Å²) in [5.41, 5.74) is 0.864. The molecule has 1 aromatic carbocycles. The van der Waals surface area contributed by atoms with Crippen molar-refractivity contribution in [3.8, 4) is 0 Å². The van der Waals surface area contributed by atoms with Gasteiger partial charge in [-0.25, -0.2) is 18.4 Å². The van der Waals surface area contributed by atoms with E-state index in [1.165, 1.54) is 19.2 Å². The lowest BCUT2D eigenvalue weighted by molar-refractivity contribution is -0.134. The predicted molar refractivity (Wildman–Crippen MR) is 98.0 cm³/mol. The number of nitrogens with one attached hydrogen (secondary N) is 2. The molecule has 9 nitrogen and oxygen atoms in total. The maximum absolute atomic E-state index is 12.1. The summed E-state index contributed by atoms with van der Waals surface area (Å²) in [7, 11) is -2.30. The standard InChI is InChI=1S/C17H24N4O5S/c1-11-14(16(23)21(2)17(24)20-11)7-8-15(22)19-10-9-12-3-5-13(6-4-12)27(18,25)26/h3-6,11,14H,7-10H2,1-2H3,(H,19,22)(H,20,24)(H2,18,25,26). The van der Waals surface area contributed by atoms with Gasteiger partial charge >= 0.3 is 6.03 Å². The van der Waals surface area contributed by atoms with Crippen molar-refractivity contribution in [1.29, 1.82) is 0 Å². The van der Waals surface area contributed by atoms with Crippen LogP contribution in [0.3, 0.4) is 0 Å². The van der Waals surface area contributed by atoms with Crippen LogP contribution < -0.4 is 15.8 Å². The van der Waals surface area contributed by atoms with Crippen LogP contribution in [0.25, 0.3) is 0 Å². The number of nitrogens with zero attached hydrogens (tertiary/aromatic N) is 1. The second-order valence-corrected chi connectivity index (χ2v) is 8.13. The van der Waals surface area contributed by atoms with Crippen LogP contribution in [-0.4, -0.2) is 50.8 Å². The summed E-state index contributed by atoms with van der Waals surface area (Å²) in [5.74, 6) is -0.895. The van der Waals surface area contributed by atoms with E-state index in [1.54, 1.807) is 19.1 Å². The smallest absolute Gasteiger partial charge is 0.324 e. The van der Waals surface area contributed by atoms with Gasteiger partial charge in [-0.05, 0) is 37.5 Å². The Kier molecular flexibility index (Phi) is 6.55. The van der Waals surface area contributed by atoms with Crippen LogP contribution in [-0.2, 0) is 26.0 Å². The average molecular weight is 396 g/mol. The number of urea groups is 1. The number of imide groups is 1. The molecule has 1 aliphatic rings. The molecule has 0 bridgehead atoms. The van der Waals surface area contributed by atoms with Gasteiger partial charge in [0.2, 0.25) is 21.8 Å². The van der Waals surface area contributed by atoms with Gasteiger partial charge in [-0.2, -0.15) is 0 Å². The van der Waals surface area contributed by atoms with Crippen LogP contribution >= 0.6 is 0 Å². The Balaban J connectivity index is 1.76. The molecule has 10 heteroatoms. The molecule has 0 aromatic heterocycles. The second kappa shape index (κ2) is 8.49. The molecular formula is C17H24N4O5S. The fraction of sp³-hybridized carbons (Fsp3) is 0.471. The average Bonchev–Trinajstić information content (AvgIpc) is 2.59. The summed E-state index contributed by atoms with van der Waals surface area (Å²) in [6.07, 6.45) is 1.06. The van der Waals surface area contributed by atoms with E-state index >= 15 is 0 Å². The molecule has 148 valence electrons. The quantitative estimate of drug-likeness (QED) is 0.593. The largest absolute Gasteiger partial charge is 0.356 e. The SMILES string of the molecule is CC1NC(=O)N(C)C(=O)C1CCC(=O)NCCc1ccc(S(N)(=O)=O)cc1. The lowest BCUT2D eigenvalue weighted by atomic mass is 9.92. The van der Waals surface area contributed by atoms with Gasteiger partial charge in [0.25, 0.3) is 0 Å². The molecule has 1 aliphatic heterocycles. The monoisotopic (exact) mass is 396 g/mol. The Hall–Kier alpha value is -2.46. The molecule has 2 rings (SSSR count). The maximum atomic E-state index is 12.1. The molecule has 2 atom stereocenters. The fourth-order valence-electron chi connectivity index (χ4n) is 2.90. The third-order valence-electron chi connectivity index (χ3n) is 4.58. The van der Waals surface area contributed by atoms with Crippen molar-refractivity contribution in [3.05, 3.63) is 29.8 Å².